The molecule has 1 N–H and O–H groups in total. The summed E-state index contributed by atoms with van der Waals surface area (Å²) in [6, 6.07) is 13.8. The second kappa shape index (κ2) is 9.99. The van der Waals surface area contributed by atoms with Crippen molar-refractivity contribution in [3.63, 3.8) is 0 Å². The number of hydrogen-bond donors (Lipinski definition) is 1. The Morgan fingerprint density at radius 3 is 2.45 bits per heavy atom. The van der Waals surface area contributed by atoms with Crippen LogP contribution in [0.1, 0.15) is 61.0 Å². The topological polar surface area (TPSA) is 52.7 Å². The molecule has 0 radical (unpaired) electrons. The standard InChI is InChI=1S/C26H35N3O2/c1-6-19(3)29(26(31)21-12-7-9-18(2)15-21)17-22-16-23(13-14-24(22)28(4)5)27-25(30)20-10-8-11-20/h7,9,12-16,19-20H,6,8,10-11,17H2,1-5H3,(H,27,30)/t19-/m1/s1. The van der Waals surface area contributed by atoms with Crippen molar-refractivity contribution >= 4 is 23.2 Å². The molecule has 0 saturated heterocycles. The van der Waals surface area contributed by atoms with E-state index in [0.717, 1.165) is 48.2 Å². The molecule has 0 bridgehead atoms. The smallest absolute Gasteiger partial charge is 0.254 e. The summed E-state index contributed by atoms with van der Waals surface area (Å²) in [5.74, 6) is 0.271. The lowest BCUT2D eigenvalue weighted by Gasteiger charge is -2.31. The van der Waals surface area contributed by atoms with Gasteiger partial charge in [0.25, 0.3) is 5.91 Å². The summed E-state index contributed by atoms with van der Waals surface area (Å²) < 4.78 is 0. The van der Waals surface area contributed by atoms with E-state index in [1.165, 1.54) is 0 Å². The highest BCUT2D eigenvalue weighted by molar-refractivity contribution is 5.95. The SMILES string of the molecule is CC[C@@H](C)N(Cc1cc(NC(=O)C2CCC2)ccc1N(C)C)C(=O)c1cccc(C)c1. The molecule has 0 unspecified atom stereocenters. The van der Waals surface area contributed by atoms with Crippen molar-refractivity contribution < 1.29 is 9.59 Å². The maximum Gasteiger partial charge on any atom is 0.254 e. The first-order valence-electron chi connectivity index (χ1n) is 11.3. The van der Waals surface area contributed by atoms with Gasteiger partial charge in [-0.1, -0.05) is 31.0 Å². The van der Waals surface area contributed by atoms with Crippen molar-refractivity contribution in [1.82, 2.24) is 4.90 Å². The molecule has 0 aromatic heterocycles. The van der Waals surface area contributed by atoms with Crippen LogP contribution in [-0.4, -0.2) is 36.9 Å². The highest BCUT2D eigenvalue weighted by atomic mass is 16.2. The van der Waals surface area contributed by atoms with Gasteiger partial charge in [0.1, 0.15) is 0 Å². The van der Waals surface area contributed by atoms with Gasteiger partial charge in [-0.15, -0.1) is 0 Å². The van der Waals surface area contributed by atoms with Gasteiger partial charge in [0.15, 0.2) is 0 Å². The molecule has 1 saturated carbocycles. The molecule has 2 amide bonds. The zero-order valence-electron chi connectivity index (χ0n) is 19.4. The first-order chi connectivity index (χ1) is 14.8. The van der Waals surface area contributed by atoms with Crippen LogP contribution >= 0.6 is 0 Å². The first-order valence-corrected chi connectivity index (χ1v) is 11.3. The van der Waals surface area contributed by atoms with Crippen LogP contribution in [0, 0.1) is 12.8 Å². The molecule has 31 heavy (non-hydrogen) atoms. The number of carbonyl (C=O) groups is 2. The van der Waals surface area contributed by atoms with Crippen LogP contribution in [-0.2, 0) is 11.3 Å². The van der Waals surface area contributed by atoms with Gasteiger partial charge in [-0.2, -0.15) is 0 Å². The lowest BCUT2D eigenvalue weighted by atomic mass is 9.85. The maximum absolute atomic E-state index is 13.4. The highest BCUT2D eigenvalue weighted by Crippen LogP contribution is 2.30. The Bertz CT molecular complexity index is 934. The van der Waals surface area contributed by atoms with Gasteiger partial charge in [-0.25, -0.2) is 0 Å². The van der Waals surface area contributed by atoms with Gasteiger partial charge < -0.3 is 15.1 Å². The second-order valence-electron chi connectivity index (χ2n) is 8.91. The van der Waals surface area contributed by atoms with Crippen LogP contribution in [0.4, 0.5) is 11.4 Å². The number of amides is 2. The number of hydrogen-bond acceptors (Lipinski definition) is 3. The fourth-order valence-electron chi connectivity index (χ4n) is 3.92. The molecule has 0 aliphatic heterocycles. The summed E-state index contributed by atoms with van der Waals surface area (Å²) in [6.45, 7) is 6.68. The van der Waals surface area contributed by atoms with E-state index in [9.17, 15) is 9.59 Å². The lowest BCUT2D eigenvalue weighted by molar-refractivity contribution is -0.122. The van der Waals surface area contributed by atoms with Crippen molar-refractivity contribution in [1.29, 1.82) is 0 Å². The summed E-state index contributed by atoms with van der Waals surface area (Å²) in [7, 11) is 4.00. The van der Waals surface area contributed by atoms with E-state index in [-0.39, 0.29) is 23.8 Å². The number of nitrogens with one attached hydrogen (secondary N) is 1. The third kappa shape index (κ3) is 5.46. The molecule has 2 aromatic rings. The maximum atomic E-state index is 13.4. The van der Waals surface area contributed by atoms with E-state index in [1.54, 1.807) is 0 Å². The summed E-state index contributed by atoms with van der Waals surface area (Å²) >= 11 is 0. The molecule has 166 valence electrons. The van der Waals surface area contributed by atoms with Crippen LogP contribution in [0.15, 0.2) is 42.5 Å². The van der Waals surface area contributed by atoms with Crippen LogP contribution in [0.3, 0.4) is 0 Å². The van der Waals surface area contributed by atoms with Gasteiger partial charge in [0.05, 0.1) is 0 Å². The van der Waals surface area contributed by atoms with E-state index in [0.29, 0.717) is 12.1 Å². The minimum absolute atomic E-state index is 0.0339. The minimum atomic E-state index is 0.0339. The van der Waals surface area contributed by atoms with E-state index in [1.807, 2.05) is 68.4 Å². The summed E-state index contributed by atoms with van der Waals surface area (Å²) in [5.41, 5.74) is 4.65. The van der Waals surface area contributed by atoms with Gasteiger partial charge in [-0.05, 0) is 69.0 Å². The molecule has 1 aliphatic rings. The van der Waals surface area contributed by atoms with Crippen LogP contribution in [0.5, 0.6) is 0 Å². The zero-order valence-corrected chi connectivity index (χ0v) is 19.4. The van der Waals surface area contributed by atoms with Crippen LogP contribution in [0.2, 0.25) is 0 Å². The predicted molar refractivity (Wildman–Crippen MR) is 128 cm³/mol. The van der Waals surface area contributed by atoms with Crippen molar-refractivity contribution in [3.8, 4) is 0 Å². The molecule has 0 spiro atoms. The first kappa shape index (κ1) is 22.9. The molecule has 5 nitrogen and oxygen atoms in total. The Balaban J connectivity index is 1.90. The fourth-order valence-corrected chi connectivity index (χ4v) is 3.92. The Labute approximate surface area is 186 Å². The van der Waals surface area contributed by atoms with Gasteiger partial charge >= 0.3 is 0 Å². The zero-order chi connectivity index (χ0) is 22.5. The predicted octanol–water partition coefficient (Wildman–Crippen LogP) is 5.24. The van der Waals surface area contributed by atoms with Gasteiger partial charge in [0, 0.05) is 49.5 Å². The normalized spacial score (nSPS) is 14.5. The molecule has 0 heterocycles. The number of carbonyl (C=O) groups excluding carboxylic acids is 2. The summed E-state index contributed by atoms with van der Waals surface area (Å²) in [4.78, 5) is 29.9. The van der Waals surface area contributed by atoms with Crippen LogP contribution in [0.25, 0.3) is 0 Å². The molecule has 1 fully saturated rings. The lowest BCUT2D eigenvalue weighted by Crippen LogP contribution is -2.38. The van der Waals surface area contributed by atoms with E-state index in [2.05, 4.69) is 24.1 Å². The molecule has 1 atom stereocenters. The van der Waals surface area contributed by atoms with Crippen molar-refractivity contribution in [2.75, 3.05) is 24.3 Å². The fraction of sp³-hybridized carbons (Fsp3) is 0.462. The van der Waals surface area contributed by atoms with Crippen molar-refractivity contribution in [2.45, 2.75) is 59.0 Å². The largest absolute Gasteiger partial charge is 0.377 e. The molecular weight excluding hydrogens is 386 g/mol. The van der Waals surface area contributed by atoms with E-state index >= 15 is 0 Å². The Morgan fingerprint density at radius 2 is 1.87 bits per heavy atom. The average molecular weight is 422 g/mol. The van der Waals surface area contributed by atoms with Gasteiger partial charge in [0.2, 0.25) is 5.91 Å². The molecule has 1 aliphatic carbocycles. The average Bonchev–Trinajstić information content (AvgIpc) is 2.69. The Hall–Kier alpha value is -2.82. The van der Waals surface area contributed by atoms with Crippen molar-refractivity contribution in [3.05, 3.63) is 59.2 Å². The number of nitrogens with zero attached hydrogens (tertiary/aromatic N) is 2. The molecule has 5 heteroatoms. The second-order valence-corrected chi connectivity index (χ2v) is 8.91. The number of benzene rings is 2. The number of anilines is 2. The Kier molecular flexibility index (Phi) is 7.37. The van der Waals surface area contributed by atoms with E-state index < -0.39 is 0 Å². The monoisotopic (exact) mass is 421 g/mol. The molecule has 3 rings (SSSR count). The number of rotatable bonds is 8. The highest BCUT2D eigenvalue weighted by Gasteiger charge is 2.26. The Morgan fingerprint density at radius 1 is 1.13 bits per heavy atom. The third-order valence-electron chi connectivity index (χ3n) is 6.29. The molecule has 2 aromatic carbocycles. The van der Waals surface area contributed by atoms with Gasteiger partial charge in [-0.3, -0.25) is 9.59 Å². The van der Waals surface area contributed by atoms with Crippen LogP contribution < -0.4 is 10.2 Å². The minimum Gasteiger partial charge on any atom is -0.377 e. The van der Waals surface area contributed by atoms with Crippen molar-refractivity contribution in [2.24, 2.45) is 5.92 Å². The number of aryl methyl sites for hydroxylation is 1. The van der Waals surface area contributed by atoms with E-state index in [4.69, 9.17) is 0 Å². The summed E-state index contributed by atoms with van der Waals surface area (Å²) in [5, 5.41) is 3.07. The quantitative estimate of drug-likeness (QED) is 0.634. The molecular formula is C26H35N3O2. The third-order valence-corrected chi connectivity index (χ3v) is 6.29. The summed E-state index contributed by atoms with van der Waals surface area (Å²) in [6.07, 6.45) is 3.95.